The monoisotopic (exact) mass is 331 g/mol. The van der Waals surface area contributed by atoms with Crippen LogP contribution in [0.5, 0.6) is 0 Å². The van der Waals surface area contributed by atoms with Crippen molar-refractivity contribution in [3.63, 3.8) is 0 Å². The zero-order valence-corrected chi connectivity index (χ0v) is 13.5. The van der Waals surface area contributed by atoms with Crippen LogP contribution in [0.15, 0.2) is 52.6 Å². The van der Waals surface area contributed by atoms with E-state index in [-0.39, 0.29) is 11.7 Å². The SMILES string of the molecule is CCc1ccccc1NC(=O)C1=CN2CCS(=O)(=O)N=C2C=C1. The zero-order chi connectivity index (χ0) is 16.4. The quantitative estimate of drug-likeness (QED) is 0.914. The fourth-order valence-electron chi connectivity index (χ4n) is 2.48. The first-order valence-electron chi connectivity index (χ1n) is 7.37. The van der Waals surface area contributed by atoms with Crippen LogP contribution >= 0.6 is 0 Å². The molecule has 2 heterocycles. The second-order valence-electron chi connectivity index (χ2n) is 5.31. The average molecular weight is 331 g/mol. The Bertz CT molecular complexity index is 838. The molecular weight excluding hydrogens is 314 g/mol. The van der Waals surface area contributed by atoms with E-state index in [1.807, 2.05) is 31.2 Å². The van der Waals surface area contributed by atoms with Gasteiger partial charge in [0.15, 0.2) is 0 Å². The predicted octanol–water partition coefficient (Wildman–Crippen LogP) is 1.69. The Kier molecular flexibility index (Phi) is 4.04. The second kappa shape index (κ2) is 6.00. The maximum absolute atomic E-state index is 12.4. The molecule has 3 rings (SSSR count). The average Bonchev–Trinajstić information content (AvgIpc) is 2.54. The number of amidine groups is 1. The summed E-state index contributed by atoms with van der Waals surface area (Å²) in [7, 11) is -3.38. The lowest BCUT2D eigenvalue weighted by Crippen LogP contribution is -2.37. The van der Waals surface area contributed by atoms with Gasteiger partial charge in [0.25, 0.3) is 15.9 Å². The number of nitrogens with zero attached hydrogens (tertiary/aromatic N) is 2. The van der Waals surface area contributed by atoms with Crippen molar-refractivity contribution in [2.24, 2.45) is 4.40 Å². The van der Waals surface area contributed by atoms with E-state index in [0.29, 0.717) is 18.0 Å². The number of fused-ring (bicyclic) bond motifs is 1. The van der Waals surface area contributed by atoms with Crippen LogP contribution in [0, 0.1) is 0 Å². The molecule has 0 atom stereocenters. The summed E-state index contributed by atoms with van der Waals surface area (Å²) in [4.78, 5) is 14.1. The number of rotatable bonds is 3. The number of para-hydroxylation sites is 1. The number of hydrogen-bond acceptors (Lipinski definition) is 4. The minimum atomic E-state index is -3.38. The number of amides is 1. The molecule has 6 nitrogen and oxygen atoms in total. The highest BCUT2D eigenvalue weighted by Crippen LogP contribution is 2.19. The van der Waals surface area contributed by atoms with Crippen LogP contribution in [0.4, 0.5) is 5.69 Å². The third kappa shape index (κ3) is 3.34. The molecule has 2 aliphatic heterocycles. The molecule has 1 aromatic carbocycles. The van der Waals surface area contributed by atoms with Gasteiger partial charge in [-0.1, -0.05) is 25.1 Å². The summed E-state index contributed by atoms with van der Waals surface area (Å²) in [5.41, 5.74) is 2.32. The lowest BCUT2D eigenvalue weighted by atomic mass is 10.1. The summed E-state index contributed by atoms with van der Waals surface area (Å²) in [6.07, 6.45) is 5.60. The molecule has 0 saturated carbocycles. The summed E-state index contributed by atoms with van der Waals surface area (Å²) in [5, 5.41) is 2.90. The Morgan fingerprint density at radius 1 is 1.30 bits per heavy atom. The molecule has 1 N–H and O–H groups in total. The number of benzene rings is 1. The number of hydrogen-bond donors (Lipinski definition) is 1. The van der Waals surface area contributed by atoms with Gasteiger partial charge in [0.2, 0.25) is 0 Å². The molecule has 0 fully saturated rings. The number of carbonyl (C=O) groups excluding carboxylic acids is 1. The largest absolute Gasteiger partial charge is 0.330 e. The van der Waals surface area contributed by atoms with Crippen molar-refractivity contribution in [2.75, 3.05) is 17.6 Å². The Morgan fingerprint density at radius 2 is 2.09 bits per heavy atom. The van der Waals surface area contributed by atoms with Gasteiger partial charge in [-0.3, -0.25) is 4.79 Å². The molecule has 2 aliphatic rings. The summed E-state index contributed by atoms with van der Waals surface area (Å²) in [6.45, 7) is 2.33. The smallest absolute Gasteiger partial charge is 0.257 e. The molecule has 120 valence electrons. The maximum Gasteiger partial charge on any atom is 0.257 e. The lowest BCUT2D eigenvalue weighted by molar-refractivity contribution is -0.112. The van der Waals surface area contributed by atoms with E-state index in [1.165, 1.54) is 0 Å². The zero-order valence-electron chi connectivity index (χ0n) is 12.7. The van der Waals surface area contributed by atoms with Gasteiger partial charge in [0.05, 0.1) is 11.3 Å². The van der Waals surface area contributed by atoms with Crippen LogP contribution in [-0.2, 0) is 21.2 Å². The van der Waals surface area contributed by atoms with E-state index in [2.05, 4.69) is 9.71 Å². The van der Waals surface area contributed by atoms with Gasteiger partial charge >= 0.3 is 0 Å². The normalized spacial score (nSPS) is 18.7. The summed E-state index contributed by atoms with van der Waals surface area (Å²) >= 11 is 0. The van der Waals surface area contributed by atoms with E-state index >= 15 is 0 Å². The van der Waals surface area contributed by atoms with Crippen LogP contribution < -0.4 is 5.32 Å². The molecule has 0 spiro atoms. The van der Waals surface area contributed by atoms with Gasteiger partial charge in [-0.15, -0.1) is 4.40 Å². The third-order valence-electron chi connectivity index (χ3n) is 3.73. The van der Waals surface area contributed by atoms with Crippen LogP contribution in [-0.4, -0.2) is 37.4 Å². The van der Waals surface area contributed by atoms with E-state index in [0.717, 1.165) is 17.7 Å². The molecule has 23 heavy (non-hydrogen) atoms. The first kappa shape index (κ1) is 15.5. The minimum Gasteiger partial charge on any atom is -0.330 e. The van der Waals surface area contributed by atoms with E-state index < -0.39 is 10.0 Å². The van der Waals surface area contributed by atoms with Gasteiger partial charge in [-0.05, 0) is 30.2 Å². The van der Waals surface area contributed by atoms with Crippen molar-refractivity contribution in [3.05, 3.63) is 53.8 Å². The Balaban J connectivity index is 1.80. The standard InChI is InChI=1S/C16H17N3O3S/c1-2-12-5-3-4-6-14(12)17-16(20)13-7-8-15-18-23(21,22)10-9-19(15)11-13/h3-8,11H,2,9-10H2,1H3,(H,17,20). The second-order valence-corrected chi connectivity index (χ2v) is 7.07. The van der Waals surface area contributed by atoms with Gasteiger partial charge in [-0.2, -0.15) is 0 Å². The predicted molar refractivity (Wildman–Crippen MR) is 89.6 cm³/mol. The molecule has 1 amide bonds. The number of carbonyl (C=O) groups is 1. The number of aryl methyl sites for hydroxylation is 1. The van der Waals surface area contributed by atoms with Crippen molar-refractivity contribution in [3.8, 4) is 0 Å². The van der Waals surface area contributed by atoms with Crippen molar-refractivity contribution >= 4 is 27.5 Å². The summed E-state index contributed by atoms with van der Waals surface area (Å²) in [5.74, 6) is 0.0744. The van der Waals surface area contributed by atoms with Gasteiger partial charge in [0.1, 0.15) is 5.84 Å². The number of anilines is 1. The molecule has 1 aromatic rings. The molecule has 0 unspecified atom stereocenters. The van der Waals surface area contributed by atoms with Gasteiger partial charge in [-0.25, -0.2) is 8.42 Å². The molecule has 0 aromatic heterocycles. The first-order chi connectivity index (χ1) is 11.0. The summed E-state index contributed by atoms with van der Waals surface area (Å²) in [6, 6.07) is 7.65. The number of sulfonamides is 1. The Labute approximate surface area is 135 Å². The van der Waals surface area contributed by atoms with Crippen molar-refractivity contribution < 1.29 is 13.2 Å². The third-order valence-corrected chi connectivity index (χ3v) is 4.90. The van der Waals surface area contributed by atoms with E-state index in [1.54, 1.807) is 23.3 Å². The van der Waals surface area contributed by atoms with Crippen molar-refractivity contribution in [1.82, 2.24) is 4.90 Å². The van der Waals surface area contributed by atoms with Crippen LogP contribution in [0.3, 0.4) is 0 Å². The first-order valence-corrected chi connectivity index (χ1v) is 8.98. The highest BCUT2D eigenvalue weighted by Gasteiger charge is 2.25. The van der Waals surface area contributed by atoms with Crippen LogP contribution in [0.25, 0.3) is 0 Å². The van der Waals surface area contributed by atoms with Crippen LogP contribution in [0.1, 0.15) is 12.5 Å². The highest BCUT2D eigenvalue weighted by molar-refractivity contribution is 7.90. The van der Waals surface area contributed by atoms with Gasteiger partial charge < -0.3 is 10.2 Å². The lowest BCUT2D eigenvalue weighted by Gasteiger charge is -2.27. The molecule has 7 heteroatoms. The maximum atomic E-state index is 12.4. The fraction of sp³-hybridized carbons (Fsp3) is 0.250. The topological polar surface area (TPSA) is 78.8 Å². The Hall–Kier alpha value is -2.41. The molecular formula is C16H17N3O3S. The van der Waals surface area contributed by atoms with E-state index in [4.69, 9.17) is 0 Å². The van der Waals surface area contributed by atoms with E-state index in [9.17, 15) is 13.2 Å². The van der Waals surface area contributed by atoms with Crippen molar-refractivity contribution in [1.29, 1.82) is 0 Å². The summed E-state index contributed by atoms with van der Waals surface area (Å²) < 4.78 is 26.7. The molecule has 0 saturated heterocycles. The number of nitrogens with one attached hydrogen (secondary N) is 1. The van der Waals surface area contributed by atoms with Crippen LogP contribution in [0.2, 0.25) is 0 Å². The molecule has 0 radical (unpaired) electrons. The molecule has 0 bridgehead atoms. The minimum absolute atomic E-state index is 0.0472. The fourth-order valence-corrected chi connectivity index (χ4v) is 3.45. The molecule has 0 aliphatic carbocycles. The van der Waals surface area contributed by atoms with Gasteiger partial charge in [0, 0.05) is 18.4 Å². The highest BCUT2D eigenvalue weighted by atomic mass is 32.2. The van der Waals surface area contributed by atoms with Crippen molar-refractivity contribution in [2.45, 2.75) is 13.3 Å². The Morgan fingerprint density at radius 3 is 2.87 bits per heavy atom.